The molecule has 4 nitrogen and oxygen atoms in total. The van der Waals surface area contributed by atoms with E-state index in [1.807, 2.05) is 0 Å². The van der Waals surface area contributed by atoms with Gasteiger partial charge in [-0.2, -0.15) is 0 Å². The van der Waals surface area contributed by atoms with Gasteiger partial charge in [0.15, 0.2) is 0 Å². The van der Waals surface area contributed by atoms with Crippen molar-refractivity contribution in [2.45, 2.75) is 25.8 Å². The smallest absolute Gasteiger partial charge is 0.238 e. The first-order chi connectivity index (χ1) is 9.65. The van der Waals surface area contributed by atoms with Gasteiger partial charge in [-0.3, -0.25) is 4.79 Å². The van der Waals surface area contributed by atoms with Crippen LogP contribution in [0.15, 0.2) is 24.3 Å². The highest BCUT2D eigenvalue weighted by atomic mass is 35.5. The van der Waals surface area contributed by atoms with E-state index in [4.69, 9.17) is 16.3 Å². The van der Waals surface area contributed by atoms with Crippen LogP contribution in [-0.2, 0) is 9.53 Å². The molecule has 1 atom stereocenters. The molecule has 1 amide bonds. The van der Waals surface area contributed by atoms with Crippen molar-refractivity contribution in [1.29, 1.82) is 0 Å². The van der Waals surface area contributed by atoms with Gasteiger partial charge in [0.25, 0.3) is 0 Å². The highest BCUT2D eigenvalue weighted by Crippen LogP contribution is 2.18. The summed E-state index contributed by atoms with van der Waals surface area (Å²) in [5.41, 5.74) is 0.764. The van der Waals surface area contributed by atoms with E-state index >= 15 is 0 Å². The number of halogens is 1. The zero-order valence-corrected chi connectivity index (χ0v) is 12.5. The Morgan fingerprint density at radius 2 is 2.00 bits per heavy atom. The number of amides is 1. The largest absolute Gasteiger partial charge is 0.381 e. The van der Waals surface area contributed by atoms with Gasteiger partial charge in [-0.05, 0) is 49.9 Å². The molecular formula is C15H21ClN2O2. The molecule has 1 aliphatic heterocycles. The van der Waals surface area contributed by atoms with Crippen molar-refractivity contribution in [3.05, 3.63) is 29.3 Å². The Labute approximate surface area is 124 Å². The molecule has 0 aliphatic carbocycles. The van der Waals surface area contributed by atoms with Crippen molar-refractivity contribution in [2.75, 3.05) is 25.1 Å². The van der Waals surface area contributed by atoms with Gasteiger partial charge in [-0.25, -0.2) is 0 Å². The summed E-state index contributed by atoms with van der Waals surface area (Å²) in [6.07, 6.45) is 2.12. The van der Waals surface area contributed by atoms with Gasteiger partial charge < -0.3 is 15.4 Å². The second kappa shape index (κ2) is 7.62. The molecular weight excluding hydrogens is 276 g/mol. The molecule has 0 bridgehead atoms. The third-order valence-electron chi connectivity index (χ3n) is 3.69. The molecule has 110 valence electrons. The van der Waals surface area contributed by atoms with Crippen molar-refractivity contribution in [3.63, 3.8) is 0 Å². The Balaban J connectivity index is 1.72. The average Bonchev–Trinajstić information content (AvgIpc) is 2.48. The molecule has 1 aliphatic rings. The van der Waals surface area contributed by atoms with Crippen LogP contribution in [0.25, 0.3) is 0 Å². The minimum Gasteiger partial charge on any atom is -0.381 e. The molecule has 1 aromatic carbocycles. The highest BCUT2D eigenvalue weighted by Gasteiger charge is 2.20. The molecule has 20 heavy (non-hydrogen) atoms. The average molecular weight is 297 g/mol. The lowest BCUT2D eigenvalue weighted by molar-refractivity contribution is -0.115. The molecule has 2 rings (SSSR count). The normalized spacial score (nSPS) is 17.7. The zero-order chi connectivity index (χ0) is 14.4. The molecule has 0 aromatic heterocycles. The summed E-state index contributed by atoms with van der Waals surface area (Å²) in [7, 11) is 0. The standard InChI is InChI=1S/C15H21ClN2O2/c1-11(12-6-8-20-9-7-12)17-10-15(19)18-14-4-2-13(16)3-5-14/h2-5,11-12,17H,6-10H2,1H3,(H,18,19). The molecule has 1 saturated heterocycles. The van der Waals surface area contributed by atoms with Gasteiger partial charge in [0.1, 0.15) is 0 Å². The summed E-state index contributed by atoms with van der Waals surface area (Å²) in [6, 6.07) is 7.43. The summed E-state index contributed by atoms with van der Waals surface area (Å²) in [5.74, 6) is 0.554. The fourth-order valence-corrected chi connectivity index (χ4v) is 2.50. The first-order valence-electron chi connectivity index (χ1n) is 7.01. The van der Waals surface area contributed by atoms with Crippen LogP contribution < -0.4 is 10.6 Å². The number of nitrogens with one attached hydrogen (secondary N) is 2. The van der Waals surface area contributed by atoms with Crippen LogP contribution in [0.3, 0.4) is 0 Å². The number of benzene rings is 1. The highest BCUT2D eigenvalue weighted by molar-refractivity contribution is 6.30. The van der Waals surface area contributed by atoms with Crippen molar-refractivity contribution >= 4 is 23.2 Å². The summed E-state index contributed by atoms with van der Waals surface area (Å²) >= 11 is 5.80. The van der Waals surface area contributed by atoms with Crippen LogP contribution in [0.2, 0.25) is 5.02 Å². The van der Waals surface area contributed by atoms with Crippen molar-refractivity contribution in [2.24, 2.45) is 5.92 Å². The van der Waals surface area contributed by atoms with Gasteiger partial charge in [0.05, 0.1) is 6.54 Å². The Morgan fingerprint density at radius 3 is 2.65 bits per heavy atom. The van der Waals surface area contributed by atoms with Crippen LogP contribution >= 0.6 is 11.6 Å². The summed E-state index contributed by atoms with van der Waals surface area (Å²) in [5, 5.41) is 6.79. The number of hydrogen-bond acceptors (Lipinski definition) is 3. The van der Waals surface area contributed by atoms with E-state index in [0.29, 0.717) is 23.5 Å². The van der Waals surface area contributed by atoms with E-state index in [2.05, 4.69) is 17.6 Å². The first-order valence-corrected chi connectivity index (χ1v) is 7.39. The maximum Gasteiger partial charge on any atom is 0.238 e. The van der Waals surface area contributed by atoms with Crippen LogP contribution in [0.4, 0.5) is 5.69 Å². The molecule has 1 fully saturated rings. The number of carbonyl (C=O) groups is 1. The van der Waals surface area contributed by atoms with E-state index in [0.717, 1.165) is 31.7 Å². The zero-order valence-electron chi connectivity index (χ0n) is 11.7. The summed E-state index contributed by atoms with van der Waals surface area (Å²) < 4.78 is 5.35. The van der Waals surface area contributed by atoms with Crippen molar-refractivity contribution < 1.29 is 9.53 Å². The molecule has 0 radical (unpaired) electrons. The summed E-state index contributed by atoms with van der Waals surface area (Å²) in [6.45, 7) is 4.11. The quantitative estimate of drug-likeness (QED) is 0.878. The SMILES string of the molecule is CC(NCC(=O)Nc1ccc(Cl)cc1)C1CCOCC1. The van der Waals surface area contributed by atoms with Gasteiger partial charge in [0.2, 0.25) is 5.91 Å². The first kappa shape index (κ1) is 15.3. The summed E-state index contributed by atoms with van der Waals surface area (Å²) in [4.78, 5) is 11.9. The Hall–Kier alpha value is -1.10. The van der Waals surface area contributed by atoms with E-state index in [1.54, 1.807) is 24.3 Å². The third-order valence-corrected chi connectivity index (χ3v) is 3.94. The van der Waals surface area contributed by atoms with Crippen LogP contribution in [0, 0.1) is 5.92 Å². The Morgan fingerprint density at radius 1 is 1.35 bits per heavy atom. The number of anilines is 1. The maximum absolute atomic E-state index is 11.9. The van der Waals surface area contributed by atoms with E-state index < -0.39 is 0 Å². The predicted molar refractivity (Wildman–Crippen MR) is 81.1 cm³/mol. The minimum absolute atomic E-state index is 0.0359. The van der Waals surface area contributed by atoms with Gasteiger partial charge in [0, 0.05) is 30.0 Å². The lowest BCUT2D eigenvalue weighted by atomic mass is 9.93. The second-order valence-electron chi connectivity index (χ2n) is 5.17. The molecule has 0 saturated carbocycles. The fourth-order valence-electron chi connectivity index (χ4n) is 2.37. The number of rotatable bonds is 5. The fraction of sp³-hybridized carbons (Fsp3) is 0.533. The topological polar surface area (TPSA) is 50.4 Å². The molecule has 0 spiro atoms. The Bertz CT molecular complexity index is 430. The van der Waals surface area contributed by atoms with Crippen LogP contribution in [0.5, 0.6) is 0 Å². The van der Waals surface area contributed by atoms with Gasteiger partial charge >= 0.3 is 0 Å². The molecule has 1 unspecified atom stereocenters. The number of ether oxygens (including phenoxy) is 1. The van der Waals surface area contributed by atoms with E-state index in [-0.39, 0.29) is 5.91 Å². The second-order valence-corrected chi connectivity index (χ2v) is 5.61. The third kappa shape index (κ3) is 4.78. The van der Waals surface area contributed by atoms with Crippen molar-refractivity contribution in [1.82, 2.24) is 5.32 Å². The van der Waals surface area contributed by atoms with Crippen LogP contribution in [-0.4, -0.2) is 31.7 Å². The molecule has 5 heteroatoms. The Kier molecular flexibility index (Phi) is 5.83. The molecule has 1 aromatic rings. The van der Waals surface area contributed by atoms with E-state index in [9.17, 15) is 4.79 Å². The van der Waals surface area contributed by atoms with Gasteiger partial charge in [-0.15, -0.1) is 0 Å². The lowest BCUT2D eigenvalue weighted by Crippen LogP contribution is -2.40. The lowest BCUT2D eigenvalue weighted by Gasteiger charge is -2.28. The monoisotopic (exact) mass is 296 g/mol. The minimum atomic E-state index is -0.0359. The van der Waals surface area contributed by atoms with Gasteiger partial charge in [-0.1, -0.05) is 11.6 Å². The maximum atomic E-state index is 11.9. The van der Waals surface area contributed by atoms with E-state index in [1.165, 1.54) is 0 Å². The number of hydrogen-bond donors (Lipinski definition) is 2. The number of carbonyl (C=O) groups excluding carboxylic acids is 1. The predicted octanol–water partition coefficient (Wildman–Crippen LogP) is 2.68. The van der Waals surface area contributed by atoms with Crippen molar-refractivity contribution in [3.8, 4) is 0 Å². The molecule has 2 N–H and O–H groups in total. The molecule has 1 heterocycles. The van der Waals surface area contributed by atoms with Crippen LogP contribution in [0.1, 0.15) is 19.8 Å².